The lowest BCUT2D eigenvalue weighted by atomic mass is 10.2. The molecule has 0 aliphatic rings. The number of rotatable bonds is 5. The lowest BCUT2D eigenvalue weighted by molar-refractivity contribution is 0.0690. The summed E-state index contributed by atoms with van der Waals surface area (Å²) in [5, 5.41) is 13.6. The molecule has 20 heavy (non-hydrogen) atoms. The summed E-state index contributed by atoms with van der Waals surface area (Å²) >= 11 is 8.31. The Morgan fingerprint density at radius 3 is 2.75 bits per heavy atom. The van der Waals surface area contributed by atoms with Crippen LogP contribution in [0.2, 0.25) is 4.34 Å². The molecule has 0 amide bonds. The third kappa shape index (κ3) is 3.25. The number of aryl methyl sites for hydroxylation is 2. The van der Waals surface area contributed by atoms with E-state index >= 15 is 0 Å². The van der Waals surface area contributed by atoms with E-state index in [1.807, 2.05) is 6.92 Å². The number of thioether (sulfide) groups is 1. The molecule has 6 nitrogen and oxygen atoms in total. The van der Waals surface area contributed by atoms with Crippen molar-refractivity contribution < 1.29 is 9.90 Å². The minimum Gasteiger partial charge on any atom is -0.478 e. The van der Waals surface area contributed by atoms with Crippen LogP contribution in [0.4, 0.5) is 0 Å². The van der Waals surface area contributed by atoms with Gasteiger partial charge in [0.2, 0.25) is 0 Å². The van der Waals surface area contributed by atoms with E-state index in [9.17, 15) is 9.90 Å². The molecule has 0 aliphatic carbocycles. The molecule has 2 aromatic heterocycles. The molecule has 106 valence electrons. The van der Waals surface area contributed by atoms with Crippen LogP contribution in [0.1, 0.15) is 34.5 Å². The molecule has 0 saturated heterocycles. The Balaban J connectivity index is 2.31. The number of carboxylic acids is 1. The number of halogens is 1. The highest BCUT2D eigenvalue weighted by Gasteiger charge is 2.19. The standard InChI is InChI=1S/C11H11ClN4O2S2/c1-3-7-13-5(2)8(11(17)18)10(14-7)19-4-6-9(12)20-16-15-6/h3-4H2,1-2H3,(H,17,18). The first kappa shape index (κ1) is 15.1. The van der Waals surface area contributed by atoms with Crippen molar-refractivity contribution in [2.24, 2.45) is 0 Å². The second kappa shape index (κ2) is 6.47. The molecule has 0 saturated carbocycles. The first-order valence-corrected chi connectivity index (χ1v) is 7.87. The maximum atomic E-state index is 11.3. The molecular formula is C11H11ClN4O2S2. The van der Waals surface area contributed by atoms with Crippen LogP contribution in [0.3, 0.4) is 0 Å². The largest absolute Gasteiger partial charge is 0.478 e. The molecule has 0 spiro atoms. The van der Waals surface area contributed by atoms with Crippen molar-refractivity contribution in [3.8, 4) is 0 Å². The van der Waals surface area contributed by atoms with Gasteiger partial charge in [0.05, 0.1) is 5.69 Å². The van der Waals surface area contributed by atoms with Gasteiger partial charge in [0, 0.05) is 23.7 Å². The van der Waals surface area contributed by atoms with E-state index in [0.717, 1.165) is 11.5 Å². The molecule has 0 fully saturated rings. The van der Waals surface area contributed by atoms with Crippen LogP contribution in [0.15, 0.2) is 5.03 Å². The number of hydrogen-bond acceptors (Lipinski definition) is 7. The Morgan fingerprint density at radius 2 is 2.20 bits per heavy atom. The Labute approximate surface area is 128 Å². The minimum absolute atomic E-state index is 0.131. The minimum atomic E-state index is -1.03. The second-order valence-corrected chi connectivity index (χ2v) is 6.17. The molecule has 1 N–H and O–H groups in total. The number of hydrogen-bond donors (Lipinski definition) is 1. The van der Waals surface area contributed by atoms with Gasteiger partial charge in [-0.05, 0) is 6.92 Å². The average molecular weight is 331 g/mol. The van der Waals surface area contributed by atoms with Crippen molar-refractivity contribution in [1.82, 2.24) is 19.6 Å². The Morgan fingerprint density at radius 1 is 1.45 bits per heavy atom. The van der Waals surface area contributed by atoms with Gasteiger partial charge in [0.15, 0.2) is 0 Å². The highest BCUT2D eigenvalue weighted by atomic mass is 35.5. The fraction of sp³-hybridized carbons (Fsp3) is 0.364. The van der Waals surface area contributed by atoms with Gasteiger partial charge in [-0.15, -0.1) is 5.10 Å². The smallest absolute Gasteiger partial charge is 0.340 e. The zero-order valence-electron chi connectivity index (χ0n) is 10.8. The van der Waals surface area contributed by atoms with Crippen LogP contribution in [-0.2, 0) is 12.2 Å². The lowest BCUT2D eigenvalue weighted by Crippen LogP contribution is -2.09. The highest BCUT2D eigenvalue weighted by Crippen LogP contribution is 2.29. The van der Waals surface area contributed by atoms with Gasteiger partial charge in [-0.1, -0.05) is 34.8 Å². The van der Waals surface area contributed by atoms with E-state index in [-0.39, 0.29) is 5.56 Å². The zero-order valence-corrected chi connectivity index (χ0v) is 13.1. The fourth-order valence-electron chi connectivity index (χ4n) is 1.53. The second-order valence-electron chi connectivity index (χ2n) is 3.85. The zero-order chi connectivity index (χ0) is 14.7. The molecule has 0 atom stereocenters. The van der Waals surface area contributed by atoms with Crippen LogP contribution >= 0.6 is 34.9 Å². The van der Waals surface area contributed by atoms with Crippen molar-refractivity contribution in [1.29, 1.82) is 0 Å². The number of carboxylic acid groups (broad SMARTS) is 1. The van der Waals surface area contributed by atoms with Gasteiger partial charge in [-0.2, -0.15) is 0 Å². The van der Waals surface area contributed by atoms with E-state index in [1.54, 1.807) is 6.92 Å². The van der Waals surface area contributed by atoms with Crippen LogP contribution in [0.25, 0.3) is 0 Å². The topological polar surface area (TPSA) is 88.9 Å². The molecule has 0 aromatic carbocycles. The summed E-state index contributed by atoms with van der Waals surface area (Å²) in [4.78, 5) is 19.8. The maximum Gasteiger partial charge on any atom is 0.340 e. The summed E-state index contributed by atoms with van der Waals surface area (Å²) in [7, 11) is 0. The van der Waals surface area contributed by atoms with Crippen molar-refractivity contribution in [2.45, 2.75) is 31.0 Å². The summed E-state index contributed by atoms with van der Waals surface area (Å²) in [6.07, 6.45) is 0.646. The molecule has 0 radical (unpaired) electrons. The Kier molecular flexibility index (Phi) is 4.90. The van der Waals surface area contributed by atoms with Gasteiger partial charge in [-0.25, -0.2) is 14.8 Å². The van der Waals surface area contributed by atoms with Crippen LogP contribution < -0.4 is 0 Å². The molecular weight excluding hydrogens is 320 g/mol. The SMILES string of the molecule is CCc1nc(C)c(C(=O)O)c(SCc2nnsc2Cl)n1. The number of aromatic carboxylic acids is 1. The van der Waals surface area contributed by atoms with E-state index < -0.39 is 5.97 Å². The third-order valence-corrected chi connectivity index (χ3v) is 4.46. The van der Waals surface area contributed by atoms with E-state index in [4.69, 9.17) is 11.6 Å². The average Bonchev–Trinajstić information content (AvgIpc) is 2.80. The van der Waals surface area contributed by atoms with Crippen molar-refractivity contribution in [3.63, 3.8) is 0 Å². The third-order valence-electron chi connectivity index (χ3n) is 2.49. The summed E-state index contributed by atoms with van der Waals surface area (Å²) < 4.78 is 4.25. The Bertz CT molecular complexity index is 647. The van der Waals surface area contributed by atoms with E-state index in [1.165, 1.54) is 11.8 Å². The molecule has 0 unspecified atom stereocenters. The molecule has 2 rings (SSSR count). The quantitative estimate of drug-likeness (QED) is 0.666. The molecule has 2 aromatic rings. The first-order valence-electron chi connectivity index (χ1n) is 5.73. The summed E-state index contributed by atoms with van der Waals surface area (Å²) in [6.45, 7) is 3.59. The van der Waals surface area contributed by atoms with E-state index in [2.05, 4.69) is 19.6 Å². The van der Waals surface area contributed by atoms with Gasteiger partial charge < -0.3 is 5.11 Å². The molecule has 9 heteroatoms. The molecule has 0 bridgehead atoms. The summed E-state index contributed by atoms with van der Waals surface area (Å²) in [5.41, 5.74) is 1.23. The highest BCUT2D eigenvalue weighted by molar-refractivity contribution is 7.98. The first-order chi connectivity index (χ1) is 9.52. The molecule has 2 heterocycles. The molecule has 0 aliphatic heterocycles. The maximum absolute atomic E-state index is 11.3. The van der Waals surface area contributed by atoms with Crippen LogP contribution in [-0.4, -0.2) is 30.6 Å². The van der Waals surface area contributed by atoms with Gasteiger partial charge in [0.25, 0.3) is 0 Å². The van der Waals surface area contributed by atoms with Crippen molar-refractivity contribution in [2.75, 3.05) is 0 Å². The van der Waals surface area contributed by atoms with Crippen molar-refractivity contribution in [3.05, 3.63) is 27.1 Å². The number of carbonyl (C=O) groups is 1. The number of nitrogens with zero attached hydrogens (tertiary/aromatic N) is 4. The fourth-order valence-corrected chi connectivity index (χ4v) is 3.35. The summed E-state index contributed by atoms with van der Waals surface area (Å²) in [5.74, 6) is 0.0162. The van der Waals surface area contributed by atoms with Gasteiger partial charge in [0.1, 0.15) is 26.4 Å². The predicted octanol–water partition coefficient (Wildman–Crippen LogP) is 2.84. The van der Waals surface area contributed by atoms with E-state index in [0.29, 0.717) is 38.7 Å². The summed E-state index contributed by atoms with van der Waals surface area (Å²) in [6, 6.07) is 0. The Hall–Kier alpha value is -1.25. The van der Waals surface area contributed by atoms with Gasteiger partial charge in [-0.3, -0.25) is 0 Å². The lowest BCUT2D eigenvalue weighted by Gasteiger charge is -2.08. The van der Waals surface area contributed by atoms with Crippen LogP contribution in [0.5, 0.6) is 0 Å². The van der Waals surface area contributed by atoms with Crippen molar-refractivity contribution >= 4 is 40.9 Å². The monoisotopic (exact) mass is 330 g/mol. The normalized spacial score (nSPS) is 10.8. The van der Waals surface area contributed by atoms with Crippen LogP contribution in [0, 0.1) is 6.92 Å². The predicted molar refractivity (Wildman–Crippen MR) is 77.6 cm³/mol. The number of aromatic nitrogens is 4. The van der Waals surface area contributed by atoms with Gasteiger partial charge >= 0.3 is 5.97 Å².